The molecular formula is C26H20Cl2N5O2+. The minimum atomic E-state index is -0.378. The monoisotopic (exact) mass is 504 g/mol. The van der Waals surface area contributed by atoms with E-state index in [1.807, 2.05) is 59.7 Å². The van der Waals surface area contributed by atoms with Gasteiger partial charge in [0.25, 0.3) is 5.91 Å². The van der Waals surface area contributed by atoms with Crippen LogP contribution in [-0.4, -0.2) is 21.1 Å². The Kier molecular flexibility index (Phi) is 6.61. The van der Waals surface area contributed by atoms with E-state index in [9.17, 15) is 4.79 Å². The Morgan fingerprint density at radius 2 is 1.69 bits per heavy atom. The Morgan fingerprint density at radius 3 is 2.34 bits per heavy atom. The number of nitrogens with one attached hydrogen (secondary N) is 2. The van der Waals surface area contributed by atoms with Gasteiger partial charge in [0.2, 0.25) is 18.1 Å². The third kappa shape index (κ3) is 5.26. The lowest BCUT2D eigenvalue weighted by Gasteiger charge is -2.19. The highest BCUT2D eigenvalue weighted by atomic mass is 35.5. The molecule has 0 saturated carbocycles. The number of hydrogen-bond acceptors (Lipinski definition) is 4. The van der Waals surface area contributed by atoms with E-state index in [2.05, 4.69) is 20.5 Å². The number of rotatable bonds is 7. The minimum Gasteiger partial charge on any atom is -0.416 e. The molecule has 0 aliphatic carbocycles. The van der Waals surface area contributed by atoms with Gasteiger partial charge in [-0.1, -0.05) is 47.5 Å². The van der Waals surface area contributed by atoms with Gasteiger partial charge in [0.15, 0.2) is 0 Å². The summed E-state index contributed by atoms with van der Waals surface area (Å²) in [6.45, 7) is 0.485. The molecule has 0 aliphatic heterocycles. The van der Waals surface area contributed by atoms with Crippen LogP contribution in [0.3, 0.4) is 0 Å². The van der Waals surface area contributed by atoms with Crippen molar-refractivity contribution in [2.45, 2.75) is 12.6 Å². The topological polar surface area (TPSA) is 87.7 Å². The number of aromatic nitrogens is 4. The predicted octanol–water partition coefficient (Wildman–Crippen LogP) is 5.50. The molecule has 0 radical (unpaired) electrons. The van der Waals surface area contributed by atoms with Gasteiger partial charge in [0, 0.05) is 26.7 Å². The number of carbonyl (C=O) groups excluding carboxylic acids is 1. The Hall–Kier alpha value is -3.94. The summed E-state index contributed by atoms with van der Waals surface area (Å²) in [6.07, 6.45) is 5.50. The molecule has 5 rings (SSSR count). The second kappa shape index (κ2) is 10.1. The molecule has 174 valence electrons. The van der Waals surface area contributed by atoms with Crippen molar-refractivity contribution >= 4 is 29.1 Å². The van der Waals surface area contributed by atoms with Crippen LogP contribution in [0.2, 0.25) is 10.0 Å². The fraction of sp³-hybridized carbons (Fsp3) is 0.0769. The quantitative estimate of drug-likeness (QED) is 0.286. The van der Waals surface area contributed by atoms with Crippen LogP contribution in [0.4, 0.5) is 0 Å². The molecule has 0 saturated heterocycles. The lowest BCUT2D eigenvalue weighted by Crippen LogP contribution is -2.41. The van der Waals surface area contributed by atoms with Gasteiger partial charge in [-0.3, -0.25) is 9.78 Å². The Labute approximate surface area is 211 Å². The van der Waals surface area contributed by atoms with Crippen LogP contribution in [0.25, 0.3) is 22.9 Å². The van der Waals surface area contributed by atoms with Crippen LogP contribution in [0.1, 0.15) is 22.0 Å². The number of H-pyrrole nitrogens is 1. The molecule has 5 aromatic rings. The smallest absolute Gasteiger partial charge is 0.251 e. The maximum Gasteiger partial charge on any atom is 0.251 e. The molecule has 0 fully saturated rings. The summed E-state index contributed by atoms with van der Waals surface area (Å²) in [4.78, 5) is 16.1. The van der Waals surface area contributed by atoms with Crippen molar-refractivity contribution in [2.75, 3.05) is 0 Å². The summed E-state index contributed by atoms with van der Waals surface area (Å²) in [5.41, 5.74) is 2.82. The van der Waals surface area contributed by atoms with Gasteiger partial charge in [-0.05, 0) is 54.1 Å². The minimum absolute atomic E-state index is 0.237. The highest BCUT2D eigenvalue weighted by Gasteiger charge is 2.21. The number of benzene rings is 3. The van der Waals surface area contributed by atoms with Crippen LogP contribution in [0.5, 0.6) is 0 Å². The number of imidazole rings is 1. The molecule has 0 aliphatic rings. The molecule has 7 nitrogen and oxygen atoms in total. The van der Waals surface area contributed by atoms with E-state index in [-0.39, 0.29) is 11.9 Å². The molecule has 1 amide bonds. The van der Waals surface area contributed by atoms with E-state index in [1.54, 1.807) is 36.4 Å². The number of carbonyl (C=O) groups is 1. The van der Waals surface area contributed by atoms with E-state index >= 15 is 0 Å². The molecule has 35 heavy (non-hydrogen) atoms. The summed E-state index contributed by atoms with van der Waals surface area (Å²) >= 11 is 12.5. The molecule has 0 bridgehead atoms. The highest BCUT2D eigenvalue weighted by Crippen LogP contribution is 2.28. The second-order valence-corrected chi connectivity index (χ2v) is 8.70. The molecule has 2 heterocycles. The van der Waals surface area contributed by atoms with Crippen molar-refractivity contribution < 1.29 is 13.8 Å². The maximum absolute atomic E-state index is 13.1. The lowest BCUT2D eigenvalue weighted by atomic mass is 10.1. The van der Waals surface area contributed by atoms with Crippen molar-refractivity contribution in [3.63, 3.8) is 0 Å². The summed E-state index contributed by atoms with van der Waals surface area (Å²) in [7, 11) is 0. The fourth-order valence-electron chi connectivity index (χ4n) is 3.69. The van der Waals surface area contributed by atoms with Gasteiger partial charge in [0.1, 0.15) is 18.9 Å². The Balaban J connectivity index is 1.34. The molecule has 2 N–H and O–H groups in total. The molecule has 1 atom stereocenters. The number of aromatic amines is 1. The van der Waals surface area contributed by atoms with E-state index in [4.69, 9.17) is 27.6 Å². The molecule has 0 unspecified atom stereocenters. The Bertz CT molecular complexity index is 1430. The average molecular weight is 505 g/mol. The number of halogens is 2. The van der Waals surface area contributed by atoms with E-state index < -0.39 is 0 Å². The third-order valence-electron chi connectivity index (χ3n) is 5.48. The first-order chi connectivity index (χ1) is 17.1. The molecule has 3 aromatic carbocycles. The highest BCUT2D eigenvalue weighted by molar-refractivity contribution is 6.35. The second-order valence-electron chi connectivity index (χ2n) is 7.86. The average Bonchev–Trinajstić information content (AvgIpc) is 3.57. The van der Waals surface area contributed by atoms with Crippen LogP contribution >= 0.6 is 23.2 Å². The zero-order valence-electron chi connectivity index (χ0n) is 18.4. The maximum atomic E-state index is 13.1. The summed E-state index contributed by atoms with van der Waals surface area (Å²) in [5, 5.41) is 12.4. The van der Waals surface area contributed by atoms with Crippen molar-refractivity contribution in [2.24, 2.45) is 0 Å². The number of nitrogens with zero attached hydrogens (tertiary/aromatic N) is 3. The lowest BCUT2D eigenvalue weighted by molar-refractivity contribution is -0.698. The van der Waals surface area contributed by atoms with Gasteiger partial charge < -0.3 is 9.73 Å². The summed E-state index contributed by atoms with van der Waals surface area (Å²) in [6, 6.07) is 21.4. The molecule has 0 spiro atoms. The molecule has 2 aromatic heterocycles. The molecule has 9 heteroatoms. The van der Waals surface area contributed by atoms with Crippen molar-refractivity contribution in [1.82, 2.24) is 20.5 Å². The Morgan fingerprint density at radius 1 is 0.971 bits per heavy atom. The van der Waals surface area contributed by atoms with Crippen LogP contribution in [0.15, 0.2) is 95.9 Å². The third-order valence-corrected chi connectivity index (χ3v) is 6.04. The first-order valence-corrected chi connectivity index (χ1v) is 11.6. The van der Waals surface area contributed by atoms with Gasteiger partial charge >= 0.3 is 0 Å². The van der Waals surface area contributed by atoms with Crippen molar-refractivity contribution in [3.8, 4) is 22.9 Å². The summed E-state index contributed by atoms with van der Waals surface area (Å²) < 4.78 is 7.74. The van der Waals surface area contributed by atoms with Gasteiger partial charge in [-0.2, -0.15) is 0 Å². The van der Waals surface area contributed by atoms with Crippen molar-refractivity contribution in [3.05, 3.63) is 113 Å². The van der Waals surface area contributed by atoms with Gasteiger partial charge in [-0.25, -0.2) is 4.57 Å². The predicted molar refractivity (Wildman–Crippen MR) is 133 cm³/mol. The molecular weight excluding hydrogens is 485 g/mol. The fourth-order valence-corrected chi connectivity index (χ4v) is 4.23. The zero-order valence-corrected chi connectivity index (χ0v) is 19.9. The zero-order chi connectivity index (χ0) is 24.2. The number of hydrogen-bond donors (Lipinski definition) is 2. The van der Waals surface area contributed by atoms with Crippen LogP contribution in [0, 0.1) is 0 Å². The normalized spacial score (nSPS) is 11.8. The number of amides is 1. The SMILES string of the molecule is O=C(N[C@@H](C[n+]1cc[nH]c1)c1ccc(Cl)cc1Cl)c1ccc(-c2nnc(-c3ccccc3)o2)cc1. The summed E-state index contributed by atoms with van der Waals surface area (Å²) in [5.74, 6) is 0.581. The van der Waals surface area contributed by atoms with E-state index in [0.29, 0.717) is 33.9 Å². The standard InChI is InChI=1S/C26H19Cl2N5O2/c27-20-10-11-21(22(28)14-20)23(15-33-13-12-29-16-33)30-24(34)17-6-8-19(9-7-17)26-32-31-25(35-26)18-4-2-1-3-5-18/h1-14,16,23H,15H2,(H,30,34)/p+1/t23-/m0/s1. The largest absolute Gasteiger partial charge is 0.416 e. The van der Waals surface area contributed by atoms with Gasteiger partial charge in [0.05, 0.1) is 6.04 Å². The van der Waals surface area contributed by atoms with Crippen LogP contribution < -0.4 is 9.88 Å². The first-order valence-electron chi connectivity index (χ1n) is 10.8. The van der Waals surface area contributed by atoms with E-state index in [1.165, 1.54) is 0 Å². The van der Waals surface area contributed by atoms with E-state index in [0.717, 1.165) is 16.7 Å². The first kappa shape index (κ1) is 22.8. The van der Waals surface area contributed by atoms with Crippen molar-refractivity contribution in [1.29, 1.82) is 0 Å². The van der Waals surface area contributed by atoms with Gasteiger partial charge in [-0.15, -0.1) is 10.2 Å². The van der Waals surface area contributed by atoms with Crippen LogP contribution in [-0.2, 0) is 6.54 Å².